The van der Waals surface area contributed by atoms with Gasteiger partial charge in [-0.2, -0.15) is 18.4 Å². The van der Waals surface area contributed by atoms with Gasteiger partial charge in [0, 0.05) is 11.1 Å². The number of nitrogens with zero attached hydrogens (tertiary/aromatic N) is 1. The number of ether oxygens (including phenoxy) is 2. The van der Waals surface area contributed by atoms with Gasteiger partial charge in [0.05, 0.1) is 5.39 Å². The fourth-order valence-electron chi connectivity index (χ4n) is 3.60. The summed E-state index contributed by atoms with van der Waals surface area (Å²) in [6.07, 6.45) is -3.78. The summed E-state index contributed by atoms with van der Waals surface area (Å²) >= 11 is 6.11. The molecule has 0 saturated heterocycles. The number of carbonyl (C=O) groups excluding carboxylic acids is 1. The smallest absolute Gasteiger partial charge is 0.449 e. The van der Waals surface area contributed by atoms with E-state index in [9.17, 15) is 28.0 Å². The molecule has 4 rings (SSSR count). The molecule has 0 radical (unpaired) electrons. The highest BCUT2D eigenvalue weighted by Gasteiger charge is 2.40. The number of fused-ring (bicyclic) bond motifs is 1. The van der Waals surface area contributed by atoms with Crippen molar-refractivity contribution >= 4 is 34.6 Å². The number of alkyl halides is 3. The minimum Gasteiger partial charge on any atom is -0.449 e. The van der Waals surface area contributed by atoms with Crippen LogP contribution in [0.1, 0.15) is 22.5 Å². The van der Waals surface area contributed by atoms with Crippen LogP contribution in [0.4, 0.5) is 13.2 Å². The third-order valence-electron chi connectivity index (χ3n) is 5.37. The van der Waals surface area contributed by atoms with Crippen LogP contribution in [-0.4, -0.2) is 5.97 Å². The van der Waals surface area contributed by atoms with Crippen molar-refractivity contribution in [1.82, 2.24) is 0 Å². The summed E-state index contributed by atoms with van der Waals surface area (Å²) in [4.78, 5) is 25.6. The average molecular weight is 540 g/mol. The molecule has 1 heterocycles. The van der Waals surface area contributed by atoms with Gasteiger partial charge in [-0.25, -0.2) is 4.79 Å². The lowest BCUT2D eigenvalue weighted by atomic mass is 10.1. The van der Waals surface area contributed by atoms with Gasteiger partial charge in [0.15, 0.2) is 0 Å². The summed E-state index contributed by atoms with van der Waals surface area (Å²) in [5, 5.41) is 9.52. The van der Waals surface area contributed by atoms with Gasteiger partial charge in [-0.1, -0.05) is 41.9 Å². The van der Waals surface area contributed by atoms with Gasteiger partial charge < -0.3 is 13.9 Å². The highest BCUT2D eigenvalue weighted by atomic mass is 35.5. The first-order chi connectivity index (χ1) is 18.0. The molecule has 0 fully saturated rings. The maximum absolute atomic E-state index is 13.9. The Hall–Kier alpha value is -4.55. The minimum absolute atomic E-state index is 0.0265. The van der Waals surface area contributed by atoms with Crippen LogP contribution in [0.25, 0.3) is 17.0 Å². The standard InChI is InChI=1S/C28H17ClF3NO5/c1-15-10-20(11-16(2)23(15)29)36-25-24(34)21-9-8-19(13-22(21)38-26(25)28(30,31)32)37-27(35)18(14-33)12-17-6-4-3-5-7-17/h3-13H,1-2H3. The Kier molecular flexibility index (Phi) is 7.28. The molecular formula is C28H17ClF3NO5. The molecular weight excluding hydrogens is 523 g/mol. The number of carbonyl (C=O) groups is 1. The number of nitriles is 1. The van der Waals surface area contributed by atoms with E-state index in [1.54, 1.807) is 50.2 Å². The van der Waals surface area contributed by atoms with Crippen molar-refractivity contribution in [2.75, 3.05) is 0 Å². The number of halogens is 4. The van der Waals surface area contributed by atoms with Crippen molar-refractivity contribution in [3.63, 3.8) is 0 Å². The van der Waals surface area contributed by atoms with Gasteiger partial charge >= 0.3 is 12.1 Å². The number of hydrogen-bond donors (Lipinski definition) is 0. The molecule has 6 nitrogen and oxygen atoms in total. The number of esters is 1. The summed E-state index contributed by atoms with van der Waals surface area (Å²) in [6.45, 7) is 3.29. The first-order valence-electron chi connectivity index (χ1n) is 11.0. The first-order valence-corrected chi connectivity index (χ1v) is 11.4. The molecule has 0 unspecified atom stereocenters. The van der Waals surface area contributed by atoms with Gasteiger partial charge in [0.1, 0.15) is 28.7 Å². The molecule has 0 aliphatic carbocycles. The van der Waals surface area contributed by atoms with E-state index in [1.807, 2.05) is 0 Å². The number of aryl methyl sites for hydroxylation is 2. The molecule has 3 aromatic carbocycles. The Morgan fingerprint density at radius 3 is 2.29 bits per heavy atom. The molecule has 0 spiro atoms. The van der Waals surface area contributed by atoms with E-state index in [0.29, 0.717) is 21.7 Å². The molecule has 38 heavy (non-hydrogen) atoms. The van der Waals surface area contributed by atoms with Gasteiger partial charge in [-0.3, -0.25) is 4.79 Å². The molecule has 192 valence electrons. The zero-order chi connectivity index (χ0) is 27.6. The summed E-state index contributed by atoms with van der Waals surface area (Å²) in [5.41, 5.74) is -0.253. The van der Waals surface area contributed by atoms with Gasteiger partial charge in [0.2, 0.25) is 11.2 Å². The molecule has 0 amide bonds. The zero-order valence-electron chi connectivity index (χ0n) is 19.9. The van der Waals surface area contributed by atoms with Crippen LogP contribution in [0, 0.1) is 25.2 Å². The van der Waals surface area contributed by atoms with E-state index in [4.69, 9.17) is 25.5 Å². The molecule has 0 atom stereocenters. The largest absolute Gasteiger partial charge is 0.453 e. The monoisotopic (exact) mass is 539 g/mol. The fourth-order valence-corrected chi connectivity index (χ4v) is 3.71. The normalized spacial score (nSPS) is 11.8. The summed E-state index contributed by atoms with van der Waals surface area (Å²) < 4.78 is 57.3. The van der Waals surface area contributed by atoms with Crippen LogP contribution in [0.5, 0.6) is 17.2 Å². The first kappa shape index (κ1) is 26.5. The maximum atomic E-state index is 13.9. The van der Waals surface area contributed by atoms with Gasteiger partial charge in [0.25, 0.3) is 5.76 Å². The molecule has 0 saturated carbocycles. The van der Waals surface area contributed by atoms with E-state index in [1.165, 1.54) is 24.3 Å². The molecule has 0 aliphatic rings. The van der Waals surface area contributed by atoms with Crippen LogP contribution in [-0.2, 0) is 11.0 Å². The summed E-state index contributed by atoms with van der Waals surface area (Å²) in [5.74, 6) is -4.01. The Morgan fingerprint density at radius 2 is 1.68 bits per heavy atom. The van der Waals surface area contributed by atoms with Crippen molar-refractivity contribution in [1.29, 1.82) is 5.26 Å². The number of rotatable bonds is 5. The van der Waals surface area contributed by atoms with Crippen molar-refractivity contribution in [2.24, 2.45) is 0 Å². The molecule has 0 N–H and O–H groups in total. The van der Waals surface area contributed by atoms with E-state index < -0.39 is 34.7 Å². The minimum atomic E-state index is -5.09. The Balaban J connectivity index is 1.73. The second-order valence-electron chi connectivity index (χ2n) is 8.19. The SMILES string of the molecule is Cc1cc(Oc2c(C(F)(F)F)oc3cc(OC(=O)C(C#N)=Cc4ccccc4)ccc3c2=O)cc(C)c1Cl. The average Bonchev–Trinajstić information content (AvgIpc) is 2.87. The number of benzene rings is 3. The van der Waals surface area contributed by atoms with Gasteiger partial charge in [-0.15, -0.1) is 0 Å². The van der Waals surface area contributed by atoms with Crippen molar-refractivity contribution in [2.45, 2.75) is 20.0 Å². The van der Waals surface area contributed by atoms with E-state index in [0.717, 1.165) is 12.1 Å². The second-order valence-corrected chi connectivity index (χ2v) is 8.57. The van der Waals surface area contributed by atoms with Crippen LogP contribution in [0.15, 0.2) is 75.4 Å². The third kappa shape index (κ3) is 5.56. The molecule has 4 aromatic rings. The quantitative estimate of drug-likeness (QED) is 0.114. The van der Waals surface area contributed by atoms with Crippen LogP contribution in [0.3, 0.4) is 0 Å². The van der Waals surface area contributed by atoms with Crippen molar-refractivity contribution < 1.29 is 31.9 Å². The predicted octanol–water partition coefficient (Wildman–Crippen LogP) is 7.39. The highest BCUT2D eigenvalue weighted by molar-refractivity contribution is 6.32. The summed E-state index contributed by atoms with van der Waals surface area (Å²) in [6, 6.07) is 16.3. The number of hydrogen-bond acceptors (Lipinski definition) is 6. The third-order valence-corrected chi connectivity index (χ3v) is 5.97. The maximum Gasteiger partial charge on any atom is 0.453 e. The van der Waals surface area contributed by atoms with Gasteiger partial charge in [-0.05, 0) is 60.9 Å². The lowest BCUT2D eigenvalue weighted by Gasteiger charge is -2.14. The topological polar surface area (TPSA) is 89.5 Å². The molecule has 0 bridgehead atoms. The van der Waals surface area contributed by atoms with Crippen LogP contribution in [0.2, 0.25) is 5.02 Å². The van der Waals surface area contributed by atoms with E-state index >= 15 is 0 Å². The Morgan fingerprint density at radius 1 is 1.03 bits per heavy atom. The fraction of sp³-hybridized carbons (Fsp3) is 0.107. The summed E-state index contributed by atoms with van der Waals surface area (Å²) in [7, 11) is 0. The highest BCUT2D eigenvalue weighted by Crippen LogP contribution is 2.39. The lowest BCUT2D eigenvalue weighted by Crippen LogP contribution is -2.16. The van der Waals surface area contributed by atoms with Crippen LogP contribution < -0.4 is 14.9 Å². The second kappa shape index (κ2) is 10.4. The Bertz CT molecular complexity index is 1660. The lowest BCUT2D eigenvalue weighted by molar-refractivity contribution is -0.154. The molecule has 10 heteroatoms. The molecule has 1 aromatic heterocycles. The van der Waals surface area contributed by atoms with Crippen molar-refractivity contribution in [3.8, 4) is 23.3 Å². The van der Waals surface area contributed by atoms with E-state index in [-0.39, 0.29) is 22.5 Å². The Labute approximate surface area is 219 Å². The van der Waals surface area contributed by atoms with Crippen LogP contribution >= 0.6 is 11.6 Å². The van der Waals surface area contributed by atoms with Crippen molar-refractivity contribution in [3.05, 3.63) is 104 Å². The predicted molar refractivity (Wildman–Crippen MR) is 134 cm³/mol. The van der Waals surface area contributed by atoms with E-state index in [2.05, 4.69) is 0 Å². The molecule has 0 aliphatic heterocycles. The zero-order valence-corrected chi connectivity index (χ0v) is 20.6.